The quantitative estimate of drug-likeness (QED) is 0.388. The minimum Gasteiger partial charge on any atom is -0.457 e. The first-order chi connectivity index (χ1) is 16.0. The van der Waals surface area contributed by atoms with Gasteiger partial charge in [0, 0.05) is 27.7 Å². The van der Waals surface area contributed by atoms with E-state index in [0.29, 0.717) is 17.1 Å². The Morgan fingerprint density at radius 1 is 0.939 bits per heavy atom. The molecular formula is C27H27BrN2O3. The zero-order valence-electron chi connectivity index (χ0n) is 18.6. The van der Waals surface area contributed by atoms with Crippen LogP contribution in [0, 0.1) is 6.92 Å². The largest absolute Gasteiger partial charge is 0.457 e. The van der Waals surface area contributed by atoms with Crippen LogP contribution in [-0.4, -0.2) is 17.9 Å². The van der Waals surface area contributed by atoms with Gasteiger partial charge in [-0.2, -0.15) is 0 Å². The van der Waals surface area contributed by atoms with Crippen LogP contribution in [0.5, 0.6) is 0 Å². The Hall–Kier alpha value is -3.12. The summed E-state index contributed by atoms with van der Waals surface area (Å²) in [4.78, 5) is 26.0. The summed E-state index contributed by atoms with van der Waals surface area (Å²) in [5.41, 5.74) is 2.65. The lowest BCUT2D eigenvalue weighted by Crippen LogP contribution is -2.41. The highest BCUT2D eigenvalue weighted by Gasteiger charge is 2.20. The molecule has 0 aliphatic heterocycles. The van der Waals surface area contributed by atoms with Crippen LogP contribution >= 0.6 is 15.9 Å². The molecular weight excluding hydrogens is 480 g/mol. The van der Waals surface area contributed by atoms with Crippen molar-refractivity contribution in [3.8, 4) is 11.3 Å². The van der Waals surface area contributed by atoms with Gasteiger partial charge >= 0.3 is 0 Å². The molecule has 1 heterocycles. The Morgan fingerprint density at radius 3 is 2.33 bits per heavy atom. The predicted octanol–water partition coefficient (Wildman–Crippen LogP) is 6.24. The van der Waals surface area contributed by atoms with E-state index in [9.17, 15) is 9.59 Å². The van der Waals surface area contributed by atoms with Crippen LogP contribution in [0.25, 0.3) is 17.4 Å². The Bertz CT molecular complexity index is 1140. The third kappa shape index (κ3) is 6.23. The molecule has 0 bridgehead atoms. The van der Waals surface area contributed by atoms with Crippen molar-refractivity contribution in [3.05, 3.63) is 87.7 Å². The molecule has 0 unspecified atom stereocenters. The van der Waals surface area contributed by atoms with Crippen LogP contribution in [0.15, 0.2) is 75.3 Å². The second-order valence-electron chi connectivity index (χ2n) is 8.40. The molecule has 33 heavy (non-hydrogen) atoms. The highest BCUT2D eigenvalue weighted by Crippen LogP contribution is 2.25. The van der Waals surface area contributed by atoms with Gasteiger partial charge in [0.05, 0.1) is 0 Å². The van der Waals surface area contributed by atoms with E-state index < -0.39 is 0 Å². The number of halogens is 1. The minimum absolute atomic E-state index is 0.126. The van der Waals surface area contributed by atoms with Crippen molar-refractivity contribution in [3.63, 3.8) is 0 Å². The molecule has 0 saturated heterocycles. The first kappa shape index (κ1) is 23.1. The summed E-state index contributed by atoms with van der Waals surface area (Å²) in [6, 6.07) is 18.8. The Morgan fingerprint density at radius 2 is 1.64 bits per heavy atom. The molecule has 170 valence electrons. The van der Waals surface area contributed by atoms with Gasteiger partial charge in [-0.05, 0) is 56.2 Å². The Kier molecular flexibility index (Phi) is 7.45. The van der Waals surface area contributed by atoms with E-state index in [1.54, 1.807) is 24.3 Å². The van der Waals surface area contributed by atoms with Gasteiger partial charge < -0.3 is 15.1 Å². The average molecular weight is 507 g/mol. The summed E-state index contributed by atoms with van der Waals surface area (Å²) < 4.78 is 6.94. The number of amides is 2. The van der Waals surface area contributed by atoms with E-state index in [4.69, 9.17) is 4.42 Å². The molecule has 2 N–H and O–H groups in total. The zero-order valence-corrected chi connectivity index (χ0v) is 20.2. The van der Waals surface area contributed by atoms with Gasteiger partial charge in [0.2, 0.25) is 0 Å². The number of rotatable bonds is 6. The van der Waals surface area contributed by atoms with E-state index in [1.807, 2.05) is 49.4 Å². The Labute approximate surface area is 202 Å². The predicted molar refractivity (Wildman–Crippen MR) is 133 cm³/mol. The molecule has 2 amide bonds. The van der Waals surface area contributed by atoms with Crippen molar-refractivity contribution >= 4 is 33.8 Å². The smallest absolute Gasteiger partial charge is 0.268 e. The third-order valence-corrected chi connectivity index (χ3v) is 6.32. The van der Waals surface area contributed by atoms with Crippen LogP contribution < -0.4 is 10.6 Å². The molecule has 0 atom stereocenters. The van der Waals surface area contributed by atoms with E-state index in [0.717, 1.165) is 41.3 Å². The monoisotopic (exact) mass is 506 g/mol. The van der Waals surface area contributed by atoms with Gasteiger partial charge in [0.1, 0.15) is 17.2 Å². The van der Waals surface area contributed by atoms with Crippen LogP contribution in [-0.2, 0) is 4.79 Å². The molecule has 1 saturated carbocycles. The second kappa shape index (κ2) is 10.7. The third-order valence-electron chi connectivity index (χ3n) is 5.79. The lowest BCUT2D eigenvalue weighted by atomic mass is 9.95. The van der Waals surface area contributed by atoms with E-state index in [-0.39, 0.29) is 23.6 Å². The maximum absolute atomic E-state index is 13.1. The fourth-order valence-corrected chi connectivity index (χ4v) is 4.17. The van der Waals surface area contributed by atoms with Gasteiger partial charge in [-0.1, -0.05) is 65.0 Å². The maximum Gasteiger partial charge on any atom is 0.268 e. The molecule has 1 aliphatic carbocycles. The topological polar surface area (TPSA) is 71.3 Å². The summed E-state index contributed by atoms with van der Waals surface area (Å²) in [5, 5.41) is 5.87. The van der Waals surface area contributed by atoms with Gasteiger partial charge in [0.25, 0.3) is 11.8 Å². The van der Waals surface area contributed by atoms with Crippen LogP contribution in [0.2, 0.25) is 0 Å². The first-order valence-electron chi connectivity index (χ1n) is 11.2. The number of hydrogen-bond donors (Lipinski definition) is 2. The fraction of sp³-hybridized carbons (Fsp3) is 0.259. The van der Waals surface area contributed by atoms with Gasteiger partial charge in [-0.15, -0.1) is 0 Å². The molecule has 1 aromatic heterocycles. The summed E-state index contributed by atoms with van der Waals surface area (Å²) in [6.07, 6.45) is 6.92. The lowest BCUT2D eigenvalue weighted by Gasteiger charge is -2.23. The number of aryl methyl sites for hydroxylation is 1. The summed E-state index contributed by atoms with van der Waals surface area (Å²) in [5.74, 6) is 0.542. The normalized spacial score (nSPS) is 14.7. The van der Waals surface area contributed by atoms with Crippen LogP contribution in [0.4, 0.5) is 0 Å². The highest BCUT2D eigenvalue weighted by atomic mass is 79.9. The molecule has 3 aromatic rings. The van der Waals surface area contributed by atoms with Crippen LogP contribution in [0.3, 0.4) is 0 Å². The SMILES string of the molecule is Cc1ccc(C(=O)N/C(=C\c2ccc(-c3ccc(Br)cc3)o2)C(=O)NC2CCCCC2)cc1. The molecule has 0 spiro atoms. The Balaban J connectivity index is 1.57. The number of furan rings is 1. The first-order valence-corrected chi connectivity index (χ1v) is 12.0. The summed E-state index contributed by atoms with van der Waals surface area (Å²) in [6.45, 7) is 1.96. The van der Waals surface area contributed by atoms with E-state index in [2.05, 4.69) is 26.6 Å². The zero-order chi connectivity index (χ0) is 23.2. The maximum atomic E-state index is 13.1. The van der Waals surface area contributed by atoms with Crippen molar-refractivity contribution in [2.45, 2.75) is 45.1 Å². The number of benzene rings is 2. The van der Waals surface area contributed by atoms with Crippen molar-refractivity contribution in [2.75, 3.05) is 0 Å². The fourth-order valence-electron chi connectivity index (χ4n) is 3.91. The molecule has 4 rings (SSSR count). The van der Waals surface area contributed by atoms with E-state index >= 15 is 0 Å². The minimum atomic E-state index is -0.334. The molecule has 6 heteroatoms. The standard InChI is InChI=1S/C27H27BrN2O3/c1-18-7-9-20(10-8-18)26(31)30-24(27(32)29-22-5-3-2-4-6-22)17-23-15-16-25(33-23)19-11-13-21(28)14-12-19/h7-17,22H,2-6H2,1H3,(H,29,32)(H,30,31)/b24-17-. The number of hydrogen-bond acceptors (Lipinski definition) is 3. The van der Waals surface area contributed by atoms with Gasteiger partial charge in [-0.3, -0.25) is 9.59 Å². The summed E-state index contributed by atoms with van der Waals surface area (Å²) in [7, 11) is 0. The van der Waals surface area contributed by atoms with Gasteiger partial charge in [0.15, 0.2) is 0 Å². The molecule has 1 fully saturated rings. The van der Waals surface area contributed by atoms with Crippen molar-refractivity contribution in [2.24, 2.45) is 0 Å². The van der Waals surface area contributed by atoms with Gasteiger partial charge in [-0.25, -0.2) is 0 Å². The van der Waals surface area contributed by atoms with Crippen LogP contribution in [0.1, 0.15) is 53.8 Å². The second-order valence-corrected chi connectivity index (χ2v) is 9.31. The number of nitrogens with one attached hydrogen (secondary N) is 2. The summed E-state index contributed by atoms with van der Waals surface area (Å²) >= 11 is 3.43. The van der Waals surface area contributed by atoms with E-state index in [1.165, 1.54) is 6.42 Å². The average Bonchev–Trinajstić information content (AvgIpc) is 3.28. The molecule has 2 aromatic carbocycles. The number of carbonyl (C=O) groups excluding carboxylic acids is 2. The van der Waals surface area contributed by atoms with Crippen molar-refractivity contribution < 1.29 is 14.0 Å². The molecule has 0 radical (unpaired) electrons. The highest BCUT2D eigenvalue weighted by molar-refractivity contribution is 9.10. The number of carbonyl (C=O) groups is 2. The molecule has 5 nitrogen and oxygen atoms in total. The lowest BCUT2D eigenvalue weighted by molar-refractivity contribution is -0.118. The van der Waals surface area contributed by atoms with Crippen molar-refractivity contribution in [1.29, 1.82) is 0 Å². The van der Waals surface area contributed by atoms with Crippen molar-refractivity contribution in [1.82, 2.24) is 10.6 Å². The molecule has 1 aliphatic rings.